The Kier molecular flexibility index (Phi) is 10.4. The molecule has 10 heteroatoms. The molecule has 1 aromatic rings. The van der Waals surface area contributed by atoms with Crippen LogP contribution in [-0.4, -0.2) is 82.1 Å². The van der Waals surface area contributed by atoms with Crippen LogP contribution in [0.4, 0.5) is 5.69 Å². The standard InChI is InChI=1S/C30H39BrN2O6S/c1-4-6-10-18-39-29(37)23-24-27(35)33(16-8-7-9-17-34)26(30(24)19-22(31)25(23)40-30)28(36)32(15-5-2)20-11-13-21(38-3)14-12-20/h4-5,11-14,22-26,34H,1-2,6-10,15-19H2,3H3/t22?,23-,24+,25-,26?,30?/m1/s1. The molecule has 2 amide bonds. The van der Waals surface area contributed by atoms with Gasteiger partial charge < -0.3 is 24.4 Å². The second kappa shape index (κ2) is 13.6. The summed E-state index contributed by atoms with van der Waals surface area (Å²) in [5, 5.41) is 9.11. The van der Waals surface area contributed by atoms with Crippen molar-refractivity contribution in [1.82, 2.24) is 4.90 Å². The van der Waals surface area contributed by atoms with Crippen LogP contribution in [0, 0.1) is 11.8 Å². The summed E-state index contributed by atoms with van der Waals surface area (Å²) in [6.45, 7) is 8.60. The van der Waals surface area contributed by atoms with Gasteiger partial charge in [-0.05, 0) is 62.8 Å². The minimum Gasteiger partial charge on any atom is -0.497 e. The average Bonchev–Trinajstić information content (AvgIpc) is 3.55. The summed E-state index contributed by atoms with van der Waals surface area (Å²) in [6, 6.07) is 6.51. The molecular weight excluding hydrogens is 596 g/mol. The van der Waals surface area contributed by atoms with Crippen LogP contribution >= 0.6 is 27.7 Å². The smallest absolute Gasteiger partial charge is 0.310 e. The third-order valence-corrected chi connectivity index (χ3v) is 11.3. The number of hydrogen-bond acceptors (Lipinski definition) is 7. The number of alkyl halides is 1. The number of hydrogen-bond donors (Lipinski definition) is 1. The van der Waals surface area contributed by atoms with E-state index in [1.807, 2.05) is 12.1 Å². The van der Waals surface area contributed by atoms with E-state index in [1.165, 1.54) is 0 Å². The second-order valence-corrected chi connectivity index (χ2v) is 13.2. The molecule has 6 atom stereocenters. The van der Waals surface area contributed by atoms with Crippen molar-refractivity contribution >= 4 is 51.2 Å². The number of rotatable bonds is 15. The maximum Gasteiger partial charge on any atom is 0.310 e. The van der Waals surface area contributed by atoms with E-state index in [4.69, 9.17) is 9.47 Å². The fourth-order valence-corrected chi connectivity index (χ4v) is 9.94. The SMILES string of the molecule is C=CCCCOC(=O)[C@H]1[C@@H]2SC3(CC2Br)C(C(=O)N(CC=C)c2ccc(OC)cc2)N(CCCCCO)C(=O)[C@H]13. The van der Waals surface area contributed by atoms with Gasteiger partial charge in [-0.2, -0.15) is 0 Å². The van der Waals surface area contributed by atoms with E-state index in [9.17, 15) is 19.5 Å². The summed E-state index contributed by atoms with van der Waals surface area (Å²) >= 11 is 5.39. The first-order valence-corrected chi connectivity index (χ1v) is 15.7. The zero-order valence-corrected chi connectivity index (χ0v) is 25.4. The van der Waals surface area contributed by atoms with Crippen LogP contribution in [0.5, 0.6) is 5.75 Å². The molecule has 1 N–H and O–H groups in total. The lowest BCUT2D eigenvalue weighted by Crippen LogP contribution is -2.55. The number of anilines is 1. The Morgan fingerprint density at radius 2 is 1.95 bits per heavy atom. The number of aliphatic hydroxyl groups is 1. The first kappa shape index (κ1) is 30.7. The monoisotopic (exact) mass is 634 g/mol. The Morgan fingerprint density at radius 3 is 2.60 bits per heavy atom. The number of halogens is 1. The molecule has 1 spiro atoms. The third kappa shape index (κ3) is 5.72. The number of likely N-dealkylation sites (tertiary alicyclic amines) is 1. The highest BCUT2D eigenvalue weighted by Gasteiger charge is 2.76. The molecule has 1 aromatic carbocycles. The minimum atomic E-state index is -0.749. The van der Waals surface area contributed by atoms with Crippen LogP contribution in [0.3, 0.4) is 0 Å². The van der Waals surface area contributed by atoms with Gasteiger partial charge in [-0.1, -0.05) is 28.1 Å². The first-order valence-electron chi connectivity index (χ1n) is 13.9. The van der Waals surface area contributed by atoms with Crippen LogP contribution in [0.1, 0.15) is 38.5 Å². The van der Waals surface area contributed by atoms with Gasteiger partial charge in [0.2, 0.25) is 5.91 Å². The van der Waals surface area contributed by atoms with Gasteiger partial charge in [-0.25, -0.2) is 0 Å². The molecule has 0 saturated carbocycles. The van der Waals surface area contributed by atoms with Gasteiger partial charge in [0.15, 0.2) is 0 Å². The predicted octanol–water partition coefficient (Wildman–Crippen LogP) is 4.35. The molecule has 0 radical (unpaired) electrons. The minimum absolute atomic E-state index is 0.0224. The molecule has 3 saturated heterocycles. The van der Waals surface area contributed by atoms with E-state index in [0.29, 0.717) is 43.7 Å². The second-order valence-electron chi connectivity index (χ2n) is 10.5. The summed E-state index contributed by atoms with van der Waals surface area (Å²) in [5.41, 5.74) is 0.685. The van der Waals surface area contributed by atoms with E-state index in [1.54, 1.807) is 53.0 Å². The lowest BCUT2D eigenvalue weighted by atomic mass is 9.71. The largest absolute Gasteiger partial charge is 0.497 e. The van der Waals surface area contributed by atoms with Crippen molar-refractivity contribution in [3.8, 4) is 5.75 Å². The number of methoxy groups -OCH3 is 1. The molecule has 3 heterocycles. The highest BCUT2D eigenvalue weighted by atomic mass is 79.9. The van der Waals surface area contributed by atoms with E-state index < -0.39 is 22.6 Å². The zero-order chi connectivity index (χ0) is 28.9. The van der Waals surface area contributed by atoms with Crippen molar-refractivity contribution in [3.05, 3.63) is 49.6 Å². The van der Waals surface area contributed by atoms with Crippen molar-refractivity contribution in [2.75, 3.05) is 38.3 Å². The molecule has 218 valence electrons. The topological polar surface area (TPSA) is 96.4 Å². The summed E-state index contributed by atoms with van der Waals surface area (Å²) < 4.78 is 10.2. The van der Waals surface area contributed by atoms with Crippen LogP contribution in [0.15, 0.2) is 49.6 Å². The molecule has 8 nitrogen and oxygen atoms in total. The van der Waals surface area contributed by atoms with Gasteiger partial charge in [0.25, 0.3) is 5.91 Å². The molecule has 3 aliphatic heterocycles. The molecule has 0 aliphatic carbocycles. The van der Waals surface area contributed by atoms with Gasteiger partial charge in [0, 0.05) is 35.5 Å². The lowest BCUT2D eigenvalue weighted by molar-refractivity contribution is -0.154. The van der Waals surface area contributed by atoms with Crippen molar-refractivity contribution in [2.24, 2.45) is 11.8 Å². The summed E-state index contributed by atoms with van der Waals surface area (Å²) in [5.74, 6) is -1.27. The van der Waals surface area contributed by atoms with Gasteiger partial charge in [-0.15, -0.1) is 24.9 Å². The number of carbonyl (C=O) groups is 3. The Morgan fingerprint density at radius 1 is 1.20 bits per heavy atom. The molecule has 40 heavy (non-hydrogen) atoms. The van der Waals surface area contributed by atoms with Crippen molar-refractivity contribution in [1.29, 1.82) is 0 Å². The number of amides is 2. The summed E-state index contributed by atoms with van der Waals surface area (Å²) in [4.78, 5) is 45.5. The number of aliphatic hydroxyl groups excluding tert-OH is 1. The van der Waals surface area contributed by atoms with Gasteiger partial charge >= 0.3 is 5.97 Å². The third-order valence-electron chi connectivity index (χ3n) is 8.11. The van der Waals surface area contributed by atoms with Gasteiger partial charge in [0.1, 0.15) is 11.8 Å². The normalized spacial score (nSPS) is 28.3. The molecule has 2 bridgehead atoms. The van der Waals surface area contributed by atoms with Crippen molar-refractivity contribution < 1.29 is 29.0 Å². The van der Waals surface area contributed by atoms with E-state index in [2.05, 4.69) is 29.1 Å². The maximum atomic E-state index is 14.5. The molecular formula is C30H39BrN2O6S. The highest BCUT2D eigenvalue weighted by Crippen LogP contribution is 2.68. The molecule has 3 unspecified atom stereocenters. The Balaban J connectivity index is 1.69. The van der Waals surface area contributed by atoms with Gasteiger partial charge in [0.05, 0.1) is 30.3 Å². The molecule has 4 rings (SSSR count). The van der Waals surface area contributed by atoms with Crippen LogP contribution < -0.4 is 9.64 Å². The number of ether oxygens (including phenoxy) is 2. The summed E-state index contributed by atoms with van der Waals surface area (Å²) in [7, 11) is 1.59. The Bertz CT molecular complexity index is 1100. The number of esters is 1. The zero-order valence-electron chi connectivity index (χ0n) is 23.0. The summed E-state index contributed by atoms with van der Waals surface area (Å²) in [6.07, 6.45) is 7.51. The number of benzene rings is 1. The fourth-order valence-electron chi connectivity index (χ4n) is 6.35. The lowest BCUT2D eigenvalue weighted by Gasteiger charge is -2.37. The molecule has 3 fully saturated rings. The van der Waals surface area contributed by atoms with Crippen LogP contribution in [0.2, 0.25) is 0 Å². The van der Waals surface area contributed by atoms with E-state index in [0.717, 1.165) is 12.8 Å². The number of allylic oxidation sites excluding steroid dienone is 1. The van der Waals surface area contributed by atoms with Crippen LogP contribution in [-0.2, 0) is 19.1 Å². The average molecular weight is 636 g/mol. The highest BCUT2D eigenvalue weighted by molar-refractivity contribution is 9.09. The molecule has 3 aliphatic rings. The number of nitrogens with zero attached hydrogens (tertiary/aromatic N) is 2. The van der Waals surface area contributed by atoms with E-state index >= 15 is 0 Å². The number of fused-ring (bicyclic) bond motifs is 1. The first-order chi connectivity index (χ1) is 19.3. The predicted molar refractivity (Wildman–Crippen MR) is 161 cm³/mol. The van der Waals surface area contributed by atoms with E-state index in [-0.39, 0.29) is 47.6 Å². The van der Waals surface area contributed by atoms with Gasteiger partial charge in [-0.3, -0.25) is 14.4 Å². The quantitative estimate of drug-likeness (QED) is 0.133. The molecule has 0 aromatic heterocycles. The number of unbranched alkanes of at least 4 members (excludes halogenated alkanes) is 3. The number of carbonyl (C=O) groups excluding carboxylic acids is 3. The van der Waals surface area contributed by atoms with Crippen molar-refractivity contribution in [2.45, 2.75) is 59.4 Å². The number of thioether (sulfide) groups is 1. The van der Waals surface area contributed by atoms with Crippen LogP contribution in [0.25, 0.3) is 0 Å². The maximum absolute atomic E-state index is 14.5. The Labute approximate surface area is 249 Å². The Hall–Kier alpha value is -2.30. The van der Waals surface area contributed by atoms with Crippen molar-refractivity contribution in [3.63, 3.8) is 0 Å². The fraction of sp³-hybridized carbons (Fsp3) is 0.567.